The molecule has 9 heteroatoms. The maximum Gasteiger partial charge on any atom is 0.319 e. The van der Waals surface area contributed by atoms with Gasteiger partial charge in [-0.2, -0.15) is 9.97 Å². The maximum atomic E-state index is 16.6. The van der Waals surface area contributed by atoms with E-state index in [0.717, 1.165) is 49.8 Å². The molecule has 0 aliphatic carbocycles. The molecule has 5 heterocycles. The molecule has 1 N–H and O–H groups in total. The van der Waals surface area contributed by atoms with Gasteiger partial charge >= 0.3 is 6.01 Å². The third kappa shape index (κ3) is 4.37. The van der Waals surface area contributed by atoms with E-state index in [1.165, 1.54) is 12.8 Å². The van der Waals surface area contributed by atoms with Gasteiger partial charge in [0, 0.05) is 47.3 Å². The van der Waals surface area contributed by atoms with Crippen LogP contribution in [0.4, 0.5) is 10.2 Å². The predicted molar refractivity (Wildman–Crippen MR) is 158 cm³/mol. The molecular weight excluding hydrogens is 527 g/mol. The number of anilines is 1. The van der Waals surface area contributed by atoms with Crippen LogP contribution < -0.4 is 15.0 Å². The summed E-state index contributed by atoms with van der Waals surface area (Å²) in [5, 5.41) is 6.42. The monoisotopic (exact) mass is 560 g/mol. The normalized spacial score (nSPS) is 22.8. The third-order valence-electron chi connectivity index (χ3n) is 8.89. The van der Waals surface area contributed by atoms with E-state index in [1.807, 2.05) is 36.4 Å². The van der Waals surface area contributed by atoms with Gasteiger partial charge in [0.05, 0.1) is 10.9 Å². The van der Waals surface area contributed by atoms with Crippen molar-refractivity contribution in [1.82, 2.24) is 25.2 Å². The molecule has 7 nitrogen and oxygen atoms in total. The zero-order valence-corrected chi connectivity index (χ0v) is 23.7. The first-order valence-electron chi connectivity index (χ1n) is 14.3. The number of rotatable bonds is 5. The Balaban J connectivity index is 1.36. The summed E-state index contributed by atoms with van der Waals surface area (Å²) in [4.78, 5) is 19.0. The number of nitrogens with zero attached hydrogens (tertiary/aromatic N) is 5. The van der Waals surface area contributed by atoms with Crippen LogP contribution in [-0.2, 0) is 0 Å². The van der Waals surface area contributed by atoms with Crippen molar-refractivity contribution in [1.29, 1.82) is 0 Å². The summed E-state index contributed by atoms with van der Waals surface area (Å²) in [6, 6.07) is 12.2. The number of nitrogens with one attached hydrogen (secondary N) is 1. The number of aromatic nitrogens is 3. The van der Waals surface area contributed by atoms with E-state index in [4.69, 9.17) is 21.3 Å². The third-order valence-corrected chi connectivity index (χ3v) is 9.21. The number of pyridine rings is 1. The standard InChI is InChI=1S/C31H34ClFN6O/c1-19-16-38(17-20(2)35-19)29-23-15-34-27(22-9-3-7-21-8-4-10-24(32)25(21)22)26(33)28(23)36-30(37-29)40-18-31-11-5-13-39(31)14-6-12-31/h3-4,7-10,15,19-20,35H,5-6,11-14,16-18H2,1-2H3. The molecule has 2 atom stereocenters. The Hall–Kier alpha value is -3.07. The Kier molecular flexibility index (Phi) is 6.52. The fourth-order valence-corrected chi connectivity index (χ4v) is 7.45. The highest BCUT2D eigenvalue weighted by Gasteiger charge is 2.45. The molecule has 7 rings (SSSR count). The predicted octanol–water partition coefficient (Wildman–Crippen LogP) is 5.83. The highest BCUT2D eigenvalue weighted by Crippen LogP contribution is 2.40. The number of halogens is 2. The highest BCUT2D eigenvalue weighted by atomic mass is 35.5. The van der Waals surface area contributed by atoms with E-state index >= 15 is 4.39 Å². The van der Waals surface area contributed by atoms with Gasteiger partial charge in [0.25, 0.3) is 0 Å². The molecule has 3 aliphatic rings. The molecule has 2 unspecified atom stereocenters. The summed E-state index contributed by atoms with van der Waals surface area (Å²) in [6.45, 7) is 8.54. The number of benzene rings is 2. The van der Waals surface area contributed by atoms with Crippen molar-refractivity contribution >= 4 is 39.1 Å². The lowest BCUT2D eigenvalue weighted by molar-refractivity contribution is 0.108. The van der Waals surface area contributed by atoms with Crippen LogP contribution in [0.3, 0.4) is 0 Å². The molecule has 0 spiro atoms. The highest BCUT2D eigenvalue weighted by molar-refractivity contribution is 6.36. The van der Waals surface area contributed by atoms with Crippen molar-refractivity contribution in [2.75, 3.05) is 37.7 Å². The maximum absolute atomic E-state index is 16.6. The molecule has 0 bridgehead atoms. The second-order valence-corrected chi connectivity index (χ2v) is 12.1. The molecule has 0 saturated carbocycles. The minimum Gasteiger partial charge on any atom is -0.461 e. The first kappa shape index (κ1) is 25.9. The van der Waals surface area contributed by atoms with Crippen molar-refractivity contribution in [3.63, 3.8) is 0 Å². The summed E-state index contributed by atoms with van der Waals surface area (Å²) < 4.78 is 22.9. The van der Waals surface area contributed by atoms with Crippen molar-refractivity contribution in [2.45, 2.75) is 57.2 Å². The average Bonchev–Trinajstić information content (AvgIpc) is 3.52. The molecule has 2 aromatic heterocycles. The number of hydrogen-bond acceptors (Lipinski definition) is 7. The van der Waals surface area contributed by atoms with Crippen molar-refractivity contribution < 1.29 is 9.13 Å². The number of piperazine rings is 1. The summed E-state index contributed by atoms with van der Waals surface area (Å²) in [6.07, 6.45) is 6.30. The van der Waals surface area contributed by atoms with Gasteiger partial charge in [-0.15, -0.1) is 0 Å². The SMILES string of the molecule is CC1CN(c2nc(OCC34CCCN3CCC4)nc3c(F)c(-c4cccc5cccc(Cl)c45)ncc23)CC(C)N1. The van der Waals surface area contributed by atoms with E-state index in [1.54, 1.807) is 6.20 Å². The molecule has 4 aromatic rings. The summed E-state index contributed by atoms with van der Waals surface area (Å²) in [5.41, 5.74) is 1.12. The molecule has 3 saturated heterocycles. The lowest BCUT2D eigenvalue weighted by atomic mass is 9.95. The molecule has 2 aromatic carbocycles. The largest absolute Gasteiger partial charge is 0.461 e. The molecule has 0 radical (unpaired) electrons. The second-order valence-electron chi connectivity index (χ2n) is 11.7. The van der Waals surface area contributed by atoms with Crippen molar-refractivity contribution in [2.24, 2.45) is 0 Å². The van der Waals surface area contributed by atoms with Gasteiger partial charge in [-0.25, -0.2) is 4.39 Å². The van der Waals surface area contributed by atoms with Crippen LogP contribution in [0, 0.1) is 5.82 Å². The Labute approximate surface area is 238 Å². The zero-order chi connectivity index (χ0) is 27.4. The van der Waals surface area contributed by atoms with Gasteiger partial charge in [0.2, 0.25) is 0 Å². The fourth-order valence-electron chi connectivity index (χ4n) is 7.17. The topological polar surface area (TPSA) is 66.4 Å². The Morgan fingerprint density at radius 2 is 1.77 bits per heavy atom. The zero-order valence-electron chi connectivity index (χ0n) is 23.0. The van der Waals surface area contributed by atoms with Gasteiger partial charge in [-0.1, -0.05) is 41.9 Å². The summed E-state index contributed by atoms with van der Waals surface area (Å²) in [7, 11) is 0. The van der Waals surface area contributed by atoms with Gasteiger partial charge in [0.1, 0.15) is 23.6 Å². The molecular formula is C31H34ClFN6O. The molecule has 40 heavy (non-hydrogen) atoms. The van der Waals surface area contributed by atoms with Crippen LogP contribution in [0.15, 0.2) is 42.6 Å². The fraction of sp³-hybridized carbons (Fsp3) is 0.452. The van der Waals surface area contributed by atoms with Crippen LogP contribution in [0.5, 0.6) is 6.01 Å². The van der Waals surface area contributed by atoms with Crippen LogP contribution in [-0.4, -0.2) is 70.3 Å². The second kappa shape index (κ2) is 10.1. The summed E-state index contributed by atoms with van der Waals surface area (Å²) >= 11 is 6.60. The van der Waals surface area contributed by atoms with Gasteiger partial charge in [-0.05, 0) is 64.1 Å². The smallest absolute Gasteiger partial charge is 0.319 e. The van der Waals surface area contributed by atoms with Crippen LogP contribution in [0.1, 0.15) is 39.5 Å². The van der Waals surface area contributed by atoms with Crippen LogP contribution >= 0.6 is 11.6 Å². The van der Waals surface area contributed by atoms with Gasteiger partial charge in [0.15, 0.2) is 5.82 Å². The molecule has 208 valence electrons. The Morgan fingerprint density at radius 1 is 1.05 bits per heavy atom. The molecule has 0 amide bonds. The van der Waals surface area contributed by atoms with E-state index in [-0.39, 0.29) is 34.8 Å². The first-order chi connectivity index (χ1) is 19.4. The van der Waals surface area contributed by atoms with Crippen LogP contribution in [0.25, 0.3) is 32.9 Å². The quantitative estimate of drug-likeness (QED) is 0.329. The lowest BCUT2D eigenvalue weighted by Gasteiger charge is -2.37. The lowest BCUT2D eigenvalue weighted by Crippen LogP contribution is -2.54. The van der Waals surface area contributed by atoms with Crippen LogP contribution in [0.2, 0.25) is 5.02 Å². The summed E-state index contributed by atoms with van der Waals surface area (Å²) in [5.74, 6) is 0.178. The van der Waals surface area contributed by atoms with Crippen molar-refractivity contribution in [3.05, 3.63) is 53.4 Å². The first-order valence-corrected chi connectivity index (χ1v) is 14.7. The molecule has 3 aliphatic heterocycles. The van der Waals surface area contributed by atoms with E-state index in [2.05, 4.69) is 38.9 Å². The van der Waals surface area contributed by atoms with E-state index < -0.39 is 5.82 Å². The van der Waals surface area contributed by atoms with Gasteiger partial charge in [-0.3, -0.25) is 9.88 Å². The number of fused-ring (bicyclic) bond motifs is 3. The van der Waals surface area contributed by atoms with E-state index in [9.17, 15) is 0 Å². The minimum absolute atomic E-state index is 0.0399. The number of ether oxygens (including phenoxy) is 1. The Morgan fingerprint density at radius 3 is 2.52 bits per heavy atom. The Bertz CT molecular complexity index is 1570. The van der Waals surface area contributed by atoms with Crippen molar-refractivity contribution in [3.8, 4) is 17.3 Å². The minimum atomic E-state index is -0.490. The number of hydrogen-bond donors (Lipinski definition) is 1. The van der Waals surface area contributed by atoms with Gasteiger partial charge < -0.3 is 15.0 Å². The van der Waals surface area contributed by atoms with E-state index in [0.29, 0.717) is 28.4 Å². The molecule has 3 fully saturated rings. The average molecular weight is 561 g/mol.